The summed E-state index contributed by atoms with van der Waals surface area (Å²) < 4.78 is 7.40. The van der Waals surface area contributed by atoms with Crippen LogP contribution >= 0.6 is 0 Å². The first-order chi connectivity index (χ1) is 17.7. The number of hydrogen-bond acceptors (Lipinski definition) is 7. The average Bonchev–Trinajstić information content (AvgIpc) is 3.14. The van der Waals surface area contributed by atoms with Gasteiger partial charge in [-0.2, -0.15) is 5.10 Å². The number of aromatic nitrogens is 3. The Labute approximate surface area is 218 Å². The number of imide groups is 1. The van der Waals surface area contributed by atoms with Crippen LogP contribution in [0.2, 0.25) is 0 Å². The van der Waals surface area contributed by atoms with E-state index in [1.807, 2.05) is 45.8 Å². The molecule has 1 aromatic carbocycles. The van der Waals surface area contributed by atoms with Crippen LogP contribution in [-0.2, 0) is 7.05 Å². The molecule has 1 fully saturated rings. The fraction of sp³-hybridized carbons (Fsp3) is 0.481. The van der Waals surface area contributed by atoms with Crippen LogP contribution in [0.1, 0.15) is 49.2 Å². The van der Waals surface area contributed by atoms with Gasteiger partial charge in [0.15, 0.2) is 5.65 Å². The fourth-order valence-corrected chi connectivity index (χ4v) is 4.62. The van der Waals surface area contributed by atoms with Crippen LogP contribution in [0.3, 0.4) is 0 Å². The zero-order valence-corrected chi connectivity index (χ0v) is 22.4. The van der Waals surface area contributed by atoms with Crippen molar-refractivity contribution < 1.29 is 14.3 Å². The van der Waals surface area contributed by atoms with Gasteiger partial charge in [-0.15, -0.1) is 0 Å². The number of amides is 3. The number of likely N-dealkylation sites (N-methyl/N-ethyl adjacent to an activating group) is 1. The summed E-state index contributed by atoms with van der Waals surface area (Å²) in [4.78, 5) is 35.3. The number of piperidine rings is 1. The van der Waals surface area contributed by atoms with Crippen LogP contribution in [0.4, 0.5) is 16.3 Å². The van der Waals surface area contributed by atoms with Gasteiger partial charge >= 0.3 is 6.03 Å². The minimum Gasteiger partial charge on any atom is -0.491 e. The lowest BCUT2D eigenvalue weighted by atomic mass is 10.1. The van der Waals surface area contributed by atoms with Gasteiger partial charge in [-0.25, -0.2) is 9.78 Å². The van der Waals surface area contributed by atoms with E-state index in [1.54, 1.807) is 28.9 Å². The summed E-state index contributed by atoms with van der Waals surface area (Å²) >= 11 is 0. The lowest BCUT2D eigenvalue weighted by molar-refractivity contribution is 0.0967. The number of ether oxygens (including phenoxy) is 1. The van der Waals surface area contributed by atoms with Gasteiger partial charge in [0.05, 0.1) is 17.4 Å². The van der Waals surface area contributed by atoms with Crippen molar-refractivity contribution in [2.45, 2.75) is 46.1 Å². The van der Waals surface area contributed by atoms with E-state index in [-0.39, 0.29) is 6.10 Å². The topological polar surface area (TPSA) is 105 Å². The van der Waals surface area contributed by atoms with Crippen molar-refractivity contribution in [3.8, 4) is 5.75 Å². The number of nitrogens with zero attached hydrogens (tertiary/aromatic N) is 5. The van der Waals surface area contributed by atoms with Crippen molar-refractivity contribution in [1.29, 1.82) is 0 Å². The van der Waals surface area contributed by atoms with Gasteiger partial charge in [0.2, 0.25) is 0 Å². The minimum atomic E-state index is -0.628. The Hall–Kier alpha value is -3.66. The molecule has 1 aliphatic heterocycles. The standard InChI is InChI=1S/C27H37N7O3/c1-18(2)37-21-11-9-10-20(16-21)28-27(36)30-26(35)23-17-22-19(3)31-33(5)25(22)29-24(23)32(4)14-15-34-12-7-6-8-13-34/h9-11,16-18H,6-8,12-15H2,1-5H3,(H2,28,30,35,36). The Balaban J connectivity index is 1.53. The number of urea groups is 1. The Morgan fingerprint density at radius 3 is 2.65 bits per heavy atom. The number of likely N-dealkylation sites (tertiary alicyclic amines) is 1. The van der Waals surface area contributed by atoms with E-state index in [0.29, 0.717) is 35.0 Å². The number of carbonyl (C=O) groups is 2. The Kier molecular flexibility index (Phi) is 8.27. The highest BCUT2D eigenvalue weighted by Crippen LogP contribution is 2.25. The van der Waals surface area contributed by atoms with E-state index in [4.69, 9.17) is 9.72 Å². The molecule has 1 saturated heterocycles. The first-order valence-corrected chi connectivity index (χ1v) is 12.9. The summed E-state index contributed by atoms with van der Waals surface area (Å²) in [5, 5.41) is 10.4. The predicted octanol–water partition coefficient (Wildman–Crippen LogP) is 3.95. The van der Waals surface area contributed by atoms with Crippen molar-refractivity contribution in [3.63, 3.8) is 0 Å². The molecule has 0 saturated carbocycles. The second kappa shape index (κ2) is 11.6. The Morgan fingerprint density at radius 2 is 1.92 bits per heavy atom. The highest BCUT2D eigenvalue weighted by molar-refractivity contribution is 6.11. The highest BCUT2D eigenvalue weighted by atomic mass is 16.5. The smallest absolute Gasteiger partial charge is 0.326 e. The van der Waals surface area contributed by atoms with Gasteiger partial charge in [-0.3, -0.25) is 14.8 Å². The van der Waals surface area contributed by atoms with Gasteiger partial charge in [0.25, 0.3) is 5.91 Å². The molecule has 0 aliphatic carbocycles. The van der Waals surface area contributed by atoms with E-state index >= 15 is 0 Å². The third-order valence-corrected chi connectivity index (χ3v) is 6.48. The molecule has 0 radical (unpaired) electrons. The van der Waals surface area contributed by atoms with Crippen molar-refractivity contribution in [2.75, 3.05) is 43.4 Å². The molecular weight excluding hydrogens is 470 g/mol. The van der Waals surface area contributed by atoms with Crippen molar-refractivity contribution >= 4 is 34.5 Å². The number of benzene rings is 1. The van der Waals surface area contributed by atoms with Gasteiger partial charge in [-0.05, 0) is 64.9 Å². The number of rotatable bonds is 8. The molecule has 198 valence electrons. The number of nitrogens with one attached hydrogen (secondary N) is 2. The first kappa shape index (κ1) is 26.4. The third kappa shape index (κ3) is 6.56. The summed E-state index contributed by atoms with van der Waals surface area (Å²) in [5.74, 6) is 0.633. The second-order valence-corrected chi connectivity index (χ2v) is 9.87. The van der Waals surface area contributed by atoms with Crippen LogP contribution in [0.5, 0.6) is 5.75 Å². The Bertz CT molecular complexity index is 1260. The quantitative estimate of drug-likeness (QED) is 0.476. The summed E-state index contributed by atoms with van der Waals surface area (Å²) in [6.45, 7) is 9.53. The third-order valence-electron chi connectivity index (χ3n) is 6.48. The number of anilines is 2. The van der Waals surface area contributed by atoms with E-state index in [0.717, 1.165) is 30.7 Å². The molecular formula is C27H37N7O3. The number of carbonyl (C=O) groups excluding carboxylic acids is 2. The lowest BCUT2D eigenvalue weighted by Crippen LogP contribution is -2.38. The number of aryl methyl sites for hydroxylation is 2. The molecule has 3 heterocycles. The highest BCUT2D eigenvalue weighted by Gasteiger charge is 2.22. The zero-order chi connectivity index (χ0) is 26.5. The molecule has 2 N–H and O–H groups in total. The lowest BCUT2D eigenvalue weighted by Gasteiger charge is -2.29. The maximum absolute atomic E-state index is 13.3. The monoisotopic (exact) mass is 507 g/mol. The maximum Gasteiger partial charge on any atom is 0.326 e. The molecule has 0 spiro atoms. The molecule has 3 aromatic rings. The normalized spacial score (nSPS) is 14.1. The maximum atomic E-state index is 13.3. The number of hydrogen-bond donors (Lipinski definition) is 2. The van der Waals surface area contributed by atoms with Gasteiger partial charge in [0.1, 0.15) is 11.6 Å². The first-order valence-electron chi connectivity index (χ1n) is 12.9. The van der Waals surface area contributed by atoms with Gasteiger partial charge in [0, 0.05) is 44.3 Å². The fourth-order valence-electron chi connectivity index (χ4n) is 4.62. The van der Waals surface area contributed by atoms with E-state index in [2.05, 4.69) is 20.6 Å². The van der Waals surface area contributed by atoms with Crippen LogP contribution < -0.4 is 20.3 Å². The molecule has 2 aromatic heterocycles. The molecule has 10 heteroatoms. The summed E-state index contributed by atoms with van der Waals surface area (Å²) in [7, 11) is 3.77. The molecule has 1 aliphatic rings. The predicted molar refractivity (Wildman–Crippen MR) is 145 cm³/mol. The molecule has 10 nitrogen and oxygen atoms in total. The molecule has 0 atom stereocenters. The van der Waals surface area contributed by atoms with E-state index in [9.17, 15) is 9.59 Å². The molecule has 0 unspecified atom stereocenters. The van der Waals surface area contributed by atoms with Crippen molar-refractivity contribution in [3.05, 3.63) is 41.6 Å². The van der Waals surface area contributed by atoms with Crippen molar-refractivity contribution in [1.82, 2.24) is 25.0 Å². The van der Waals surface area contributed by atoms with Crippen molar-refractivity contribution in [2.24, 2.45) is 7.05 Å². The zero-order valence-electron chi connectivity index (χ0n) is 22.4. The molecule has 37 heavy (non-hydrogen) atoms. The molecule has 3 amide bonds. The van der Waals surface area contributed by atoms with E-state index in [1.165, 1.54) is 19.3 Å². The summed E-state index contributed by atoms with van der Waals surface area (Å²) in [5.41, 5.74) is 2.32. The molecule has 4 rings (SSSR count). The summed E-state index contributed by atoms with van der Waals surface area (Å²) in [6.07, 6.45) is 3.73. The number of fused-ring (bicyclic) bond motifs is 1. The van der Waals surface area contributed by atoms with Gasteiger partial charge in [-0.1, -0.05) is 12.5 Å². The van der Waals surface area contributed by atoms with Crippen LogP contribution in [-0.4, -0.2) is 70.9 Å². The largest absolute Gasteiger partial charge is 0.491 e. The SMILES string of the molecule is Cc1nn(C)c2nc(N(C)CCN3CCCCC3)c(C(=O)NC(=O)Nc3cccc(OC(C)C)c3)cc12. The number of pyridine rings is 1. The Morgan fingerprint density at radius 1 is 1.16 bits per heavy atom. The average molecular weight is 508 g/mol. The van der Waals surface area contributed by atoms with E-state index < -0.39 is 11.9 Å². The van der Waals surface area contributed by atoms with Crippen LogP contribution in [0, 0.1) is 6.92 Å². The van der Waals surface area contributed by atoms with Gasteiger partial charge < -0.3 is 19.9 Å². The molecule has 0 bridgehead atoms. The van der Waals surface area contributed by atoms with Crippen LogP contribution in [0.15, 0.2) is 30.3 Å². The van der Waals surface area contributed by atoms with Crippen LogP contribution in [0.25, 0.3) is 11.0 Å². The second-order valence-electron chi connectivity index (χ2n) is 9.87. The minimum absolute atomic E-state index is 0.00864. The summed E-state index contributed by atoms with van der Waals surface area (Å²) in [6, 6.07) is 8.21.